The van der Waals surface area contributed by atoms with Crippen molar-refractivity contribution < 1.29 is 9.53 Å². The number of carbonyl (C=O) groups excluding carboxylic acids is 1. The molecule has 1 aromatic rings. The number of hydrogen-bond donors (Lipinski definition) is 0. The molecule has 0 spiro atoms. The van der Waals surface area contributed by atoms with Gasteiger partial charge < -0.3 is 4.74 Å². The van der Waals surface area contributed by atoms with Crippen LogP contribution in [0.4, 0.5) is 0 Å². The molecule has 1 saturated carbocycles. The van der Waals surface area contributed by atoms with Gasteiger partial charge >= 0.3 is 5.97 Å². The van der Waals surface area contributed by atoms with Crippen molar-refractivity contribution >= 4 is 21.9 Å². The molecule has 0 atom stereocenters. The smallest absolute Gasteiger partial charge is 0.316 e. The average molecular weight is 311 g/mol. The third kappa shape index (κ3) is 2.46. The molecule has 0 heterocycles. The quantitative estimate of drug-likeness (QED) is 0.790. The Hall–Kier alpha value is -0.830. The van der Waals surface area contributed by atoms with Gasteiger partial charge in [0.25, 0.3) is 0 Å². The van der Waals surface area contributed by atoms with Crippen molar-refractivity contribution in [3.8, 4) is 0 Å². The number of benzene rings is 1. The molecule has 0 N–H and O–H groups in total. The third-order valence-electron chi connectivity index (χ3n) is 3.56. The lowest BCUT2D eigenvalue weighted by atomic mass is 9.93. The second kappa shape index (κ2) is 5.04. The molecule has 1 aliphatic rings. The summed E-state index contributed by atoms with van der Waals surface area (Å²) < 4.78 is 6.01. The van der Waals surface area contributed by atoms with Crippen molar-refractivity contribution in [2.45, 2.75) is 38.5 Å². The molecular formula is C15H19BrO2. The third-order valence-corrected chi connectivity index (χ3v) is 4.30. The second-order valence-corrected chi connectivity index (χ2v) is 6.33. The van der Waals surface area contributed by atoms with E-state index in [0.717, 1.165) is 29.3 Å². The van der Waals surface area contributed by atoms with Crippen molar-refractivity contribution in [3.05, 3.63) is 33.8 Å². The van der Waals surface area contributed by atoms with Crippen molar-refractivity contribution in [2.75, 3.05) is 7.11 Å². The van der Waals surface area contributed by atoms with Crippen LogP contribution >= 0.6 is 15.9 Å². The predicted molar refractivity (Wildman–Crippen MR) is 75.6 cm³/mol. The van der Waals surface area contributed by atoms with Gasteiger partial charge in [-0.25, -0.2) is 0 Å². The monoisotopic (exact) mass is 310 g/mol. The number of methoxy groups -OCH3 is 1. The number of rotatable bonds is 4. The van der Waals surface area contributed by atoms with Crippen LogP contribution in [0.25, 0.3) is 0 Å². The molecule has 3 heteroatoms. The molecule has 2 nitrogen and oxygen atoms in total. The molecule has 1 fully saturated rings. The van der Waals surface area contributed by atoms with E-state index in [-0.39, 0.29) is 11.4 Å². The molecule has 1 aromatic carbocycles. The molecule has 98 valence electrons. The van der Waals surface area contributed by atoms with E-state index in [2.05, 4.69) is 48.0 Å². The van der Waals surface area contributed by atoms with Crippen molar-refractivity contribution in [1.82, 2.24) is 0 Å². The Labute approximate surface area is 117 Å². The Balaban J connectivity index is 2.27. The molecule has 0 saturated heterocycles. The lowest BCUT2D eigenvalue weighted by Gasteiger charge is -2.15. The molecule has 0 aliphatic heterocycles. The Bertz CT molecular complexity index is 462. The molecule has 0 unspecified atom stereocenters. The second-order valence-electron chi connectivity index (χ2n) is 5.48. The maximum Gasteiger partial charge on any atom is 0.316 e. The SMILES string of the molecule is COC(=O)C1(c2ccc(CC(C)C)c(Br)c2)CC1. The summed E-state index contributed by atoms with van der Waals surface area (Å²) in [5, 5.41) is 0. The fourth-order valence-corrected chi connectivity index (χ4v) is 2.92. The summed E-state index contributed by atoms with van der Waals surface area (Å²) in [7, 11) is 1.46. The first kappa shape index (κ1) is 13.6. The standard InChI is InChI=1S/C15H19BrO2/c1-10(2)8-11-4-5-12(9-13(11)16)15(6-7-15)14(17)18-3/h4-5,9-10H,6-8H2,1-3H3. The molecular weight excluding hydrogens is 292 g/mol. The lowest BCUT2D eigenvalue weighted by molar-refractivity contribution is -0.143. The Morgan fingerprint density at radius 2 is 2.11 bits per heavy atom. The summed E-state index contributed by atoms with van der Waals surface area (Å²) >= 11 is 3.61. The minimum Gasteiger partial charge on any atom is -0.468 e. The fraction of sp³-hybridized carbons (Fsp3) is 0.533. The van der Waals surface area contributed by atoms with Gasteiger partial charge in [-0.2, -0.15) is 0 Å². The van der Waals surface area contributed by atoms with E-state index < -0.39 is 0 Å². The van der Waals surface area contributed by atoms with E-state index in [0.29, 0.717) is 5.92 Å². The minimum absolute atomic E-state index is 0.106. The average Bonchev–Trinajstić information content (AvgIpc) is 3.11. The highest BCUT2D eigenvalue weighted by atomic mass is 79.9. The van der Waals surface area contributed by atoms with Gasteiger partial charge in [0.1, 0.15) is 0 Å². The van der Waals surface area contributed by atoms with E-state index in [9.17, 15) is 4.79 Å². The zero-order chi connectivity index (χ0) is 13.3. The van der Waals surface area contributed by atoms with E-state index in [4.69, 9.17) is 4.74 Å². The summed E-state index contributed by atoms with van der Waals surface area (Å²) in [6.45, 7) is 4.41. The first-order valence-electron chi connectivity index (χ1n) is 6.37. The normalized spacial score (nSPS) is 16.7. The minimum atomic E-state index is -0.367. The van der Waals surface area contributed by atoms with Crippen LogP contribution in [-0.4, -0.2) is 13.1 Å². The summed E-state index contributed by atoms with van der Waals surface area (Å²) in [6.07, 6.45) is 2.84. The molecule has 18 heavy (non-hydrogen) atoms. The van der Waals surface area contributed by atoms with Crippen LogP contribution in [-0.2, 0) is 21.4 Å². The van der Waals surface area contributed by atoms with E-state index in [1.165, 1.54) is 12.7 Å². The first-order chi connectivity index (χ1) is 8.49. The lowest BCUT2D eigenvalue weighted by Crippen LogP contribution is -2.21. The molecule has 0 amide bonds. The zero-order valence-corrected chi connectivity index (χ0v) is 12.7. The van der Waals surface area contributed by atoms with Gasteiger partial charge in [0.15, 0.2) is 0 Å². The Morgan fingerprint density at radius 1 is 1.44 bits per heavy atom. The van der Waals surface area contributed by atoms with Crippen molar-refractivity contribution in [1.29, 1.82) is 0 Å². The van der Waals surface area contributed by atoms with Crippen LogP contribution in [0.2, 0.25) is 0 Å². The van der Waals surface area contributed by atoms with Gasteiger partial charge in [-0.05, 0) is 42.4 Å². The number of halogens is 1. The summed E-state index contributed by atoms with van der Waals surface area (Å²) in [5.74, 6) is 0.522. The largest absolute Gasteiger partial charge is 0.468 e. The summed E-state index contributed by atoms with van der Waals surface area (Å²) in [6, 6.07) is 6.29. The highest BCUT2D eigenvalue weighted by molar-refractivity contribution is 9.10. The number of esters is 1. The van der Waals surface area contributed by atoms with Gasteiger partial charge in [0.05, 0.1) is 12.5 Å². The predicted octanol–water partition coefficient (Wildman–Crippen LogP) is 3.85. The van der Waals surface area contributed by atoms with Gasteiger partial charge in [0.2, 0.25) is 0 Å². The summed E-state index contributed by atoms with van der Waals surface area (Å²) in [5.41, 5.74) is 2.01. The Morgan fingerprint density at radius 3 is 2.56 bits per heavy atom. The van der Waals surface area contributed by atoms with Crippen LogP contribution in [0.15, 0.2) is 22.7 Å². The van der Waals surface area contributed by atoms with Crippen LogP contribution in [0.5, 0.6) is 0 Å². The fourth-order valence-electron chi connectivity index (χ4n) is 2.38. The highest BCUT2D eigenvalue weighted by Gasteiger charge is 2.52. The van der Waals surface area contributed by atoms with Gasteiger partial charge in [-0.3, -0.25) is 4.79 Å². The van der Waals surface area contributed by atoms with E-state index >= 15 is 0 Å². The van der Waals surface area contributed by atoms with Crippen LogP contribution < -0.4 is 0 Å². The van der Waals surface area contributed by atoms with Crippen LogP contribution in [0.1, 0.15) is 37.8 Å². The first-order valence-corrected chi connectivity index (χ1v) is 7.16. The number of carbonyl (C=O) groups is 1. The topological polar surface area (TPSA) is 26.3 Å². The van der Waals surface area contributed by atoms with Gasteiger partial charge in [-0.1, -0.05) is 41.9 Å². The van der Waals surface area contributed by atoms with Gasteiger partial charge in [-0.15, -0.1) is 0 Å². The van der Waals surface area contributed by atoms with Crippen LogP contribution in [0, 0.1) is 5.92 Å². The highest BCUT2D eigenvalue weighted by Crippen LogP contribution is 2.49. The van der Waals surface area contributed by atoms with Crippen molar-refractivity contribution in [2.24, 2.45) is 5.92 Å². The zero-order valence-electron chi connectivity index (χ0n) is 11.1. The Kier molecular flexibility index (Phi) is 3.81. The maximum atomic E-state index is 11.8. The molecule has 0 aromatic heterocycles. The number of ether oxygens (including phenoxy) is 1. The van der Waals surface area contributed by atoms with E-state index in [1.54, 1.807) is 0 Å². The summed E-state index contributed by atoms with van der Waals surface area (Å²) in [4.78, 5) is 11.8. The van der Waals surface area contributed by atoms with E-state index in [1.807, 2.05) is 0 Å². The van der Waals surface area contributed by atoms with Crippen molar-refractivity contribution in [3.63, 3.8) is 0 Å². The maximum absolute atomic E-state index is 11.8. The molecule has 0 bridgehead atoms. The van der Waals surface area contributed by atoms with Gasteiger partial charge in [0, 0.05) is 4.47 Å². The molecule has 2 rings (SSSR count). The molecule has 0 radical (unpaired) electrons. The van der Waals surface area contributed by atoms with Crippen LogP contribution in [0.3, 0.4) is 0 Å². The molecule has 1 aliphatic carbocycles. The number of hydrogen-bond acceptors (Lipinski definition) is 2.